The summed E-state index contributed by atoms with van der Waals surface area (Å²) >= 11 is 12.7. The van der Waals surface area contributed by atoms with Crippen LogP contribution in [0.15, 0.2) is 0 Å². The van der Waals surface area contributed by atoms with E-state index in [2.05, 4.69) is 5.32 Å². The summed E-state index contributed by atoms with van der Waals surface area (Å²) in [5.74, 6) is -2.22. The van der Waals surface area contributed by atoms with Crippen LogP contribution in [0.25, 0.3) is 0 Å². The molecule has 1 saturated heterocycles. The van der Waals surface area contributed by atoms with Gasteiger partial charge in [0, 0.05) is 31.2 Å². The first-order valence-electron chi connectivity index (χ1n) is 10.3. The third-order valence-electron chi connectivity index (χ3n) is 6.80. The lowest BCUT2D eigenvalue weighted by molar-refractivity contribution is -0.146. The zero-order valence-corrected chi connectivity index (χ0v) is 19.1. The summed E-state index contributed by atoms with van der Waals surface area (Å²) in [5, 5.41) is 2.75. The molecule has 2 saturated carbocycles. The maximum absolute atomic E-state index is 13.2. The summed E-state index contributed by atoms with van der Waals surface area (Å²) in [5.41, 5.74) is -0.261. The van der Waals surface area contributed by atoms with Crippen LogP contribution in [0.5, 0.6) is 0 Å². The second-order valence-electron chi connectivity index (χ2n) is 9.99. The van der Waals surface area contributed by atoms with E-state index in [0.717, 1.165) is 12.8 Å². The number of alkyl halides is 2. The van der Waals surface area contributed by atoms with Crippen molar-refractivity contribution < 1.29 is 19.2 Å². The van der Waals surface area contributed by atoms with Crippen molar-refractivity contribution in [3.63, 3.8) is 0 Å². The first-order valence-corrected chi connectivity index (χ1v) is 11.1. The third kappa shape index (κ3) is 4.34. The summed E-state index contributed by atoms with van der Waals surface area (Å²) < 4.78 is -1.04. The van der Waals surface area contributed by atoms with Crippen LogP contribution in [0.4, 0.5) is 0 Å². The Balaban J connectivity index is 1.79. The van der Waals surface area contributed by atoms with Gasteiger partial charge in [0.2, 0.25) is 17.6 Å². The number of rotatable bonds is 7. The highest BCUT2D eigenvalue weighted by Gasteiger charge is 2.74. The molecule has 0 radical (unpaired) electrons. The SMILES string of the molecule is CC(=O)C(=O)C(CC1CC1)NC(=O)[C@@H]1[C@@H]2[C@H](CN1C(=O)[C@@H](C)C(C)(C)C)C2(Cl)Cl. The zero-order chi connectivity index (χ0) is 21.9. The van der Waals surface area contributed by atoms with Crippen LogP contribution in [0.2, 0.25) is 0 Å². The van der Waals surface area contributed by atoms with Gasteiger partial charge in [-0.15, -0.1) is 23.2 Å². The second kappa shape index (κ2) is 7.52. The minimum absolute atomic E-state index is 0.120. The van der Waals surface area contributed by atoms with E-state index in [-0.39, 0.29) is 29.1 Å². The predicted octanol–water partition coefficient (Wildman–Crippen LogP) is 2.74. The molecular weight excluding hydrogens is 415 g/mol. The van der Waals surface area contributed by atoms with E-state index in [1.807, 2.05) is 27.7 Å². The summed E-state index contributed by atoms with van der Waals surface area (Å²) in [6, 6.07) is -1.68. The Morgan fingerprint density at radius 1 is 1.17 bits per heavy atom. The Bertz CT molecular complexity index is 741. The molecule has 1 aliphatic heterocycles. The number of piperidine rings is 1. The van der Waals surface area contributed by atoms with Crippen LogP contribution in [0, 0.1) is 29.1 Å². The van der Waals surface area contributed by atoms with Gasteiger partial charge in [-0.2, -0.15) is 0 Å². The van der Waals surface area contributed by atoms with Gasteiger partial charge in [-0.25, -0.2) is 0 Å². The molecule has 0 aromatic heterocycles. The van der Waals surface area contributed by atoms with Crippen LogP contribution in [-0.4, -0.2) is 51.2 Å². The van der Waals surface area contributed by atoms with E-state index in [4.69, 9.17) is 23.2 Å². The molecule has 6 nitrogen and oxygen atoms in total. The quantitative estimate of drug-likeness (QED) is 0.483. The van der Waals surface area contributed by atoms with Gasteiger partial charge in [0.25, 0.3) is 0 Å². The van der Waals surface area contributed by atoms with Gasteiger partial charge in [0.05, 0.1) is 6.04 Å². The Morgan fingerprint density at radius 3 is 2.24 bits per heavy atom. The van der Waals surface area contributed by atoms with E-state index >= 15 is 0 Å². The Labute approximate surface area is 182 Å². The molecule has 3 rings (SSSR count). The monoisotopic (exact) mass is 444 g/mol. The van der Waals surface area contributed by atoms with Crippen molar-refractivity contribution in [1.82, 2.24) is 10.2 Å². The molecule has 0 aromatic carbocycles. The normalized spacial score (nSPS) is 29.6. The molecule has 5 atom stereocenters. The van der Waals surface area contributed by atoms with Gasteiger partial charge < -0.3 is 10.2 Å². The van der Waals surface area contributed by atoms with Crippen molar-refractivity contribution in [3.8, 4) is 0 Å². The van der Waals surface area contributed by atoms with Crippen molar-refractivity contribution in [2.45, 2.75) is 70.3 Å². The van der Waals surface area contributed by atoms with Crippen molar-refractivity contribution in [3.05, 3.63) is 0 Å². The molecule has 2 aliphatic carbocycles. The fraction of sp³-hybridized carbons (Fsp3) is 0.810. The molecule has 8 heteroatoms. The standard InChI is InChI=1S/C21H30Cl2N2O4/c1-10(20(3,4)5)19(29)25-9-13-15(21(13,22)23)16(25)18(28)24-14(8-12-6-7-12)17(27)11(2)26/h10,12-16H,6-9H2,1-5H3,(H,24,28)/t10-,13+,14?,15+,16+/m1/s1. The topological polar surface area (TPSA) is 83.6 Å². The number of hydrogen-bond donors (Lipinski definition) is 1. The van der Waals surface area contributed by atoms with Crippen LogP contribution >= 0.6 is 23.2 Å². The highest BCUT2D eigenvalue weighted by atomic mass is 35.5. The van der Waals surface area contributed by atoms with E-state index in [1.54, 1.807) is 4.90 Å². The summed E-state index contributed by atoms with van der Waals surface area (Å²) in [6.07, 6.45) is 2.43. The lowest BCUT2D eigenvalue weighted by Gasteiger charge is -2.35. The molecule has 1 N–H and O–H groups in total. The van der Waals surface area contributed by atoms with Gasteiger partial charge in [-0.3, -0.25) is 19.2 Å². The van der Waals surface area contributed by atoms with Gasteiger partial charge in [-0.05, 0) is 17.8 Å². The maximum atomic E-state index is 13.2. The largest absolute Gasteiger partial charge is 0.344 e. The smallest absolute Gasteiger partial charge is 0.243 e. The Hall–Kier alpha value is -1.14. The number of amides is 2. The number of halogens is 2. The summed E-state index contributed by atoms with van der Waals surface area (Å²) in [4.78, 5) is 51.9. The van der Waals surface area contributed by atoms with Crippen LogP contribution < -0.4 is 5.32 Å². The van der Waals surface area contributed by atoms with Crippen molar-refractivity contribution >= 4 is 46.6 Å². The van der Waals surface area contributed by atoms with E-state index < -0.39 is 33.9 Å². The molecule has 3 fully saturated rings. The molecule has 1 unspecified atom stereocenters. The Morgan fingerprint density at radius 2 is 1.76 bits per heavy atom. The molecular formula is C21H30Cl2N2O4. The molecule has 1 heterocycles. The highest BCUT2D eigenvalue weighted by Crippen LogP contribution is 2.65. The molecule has 29 heavy (non-hydrogen) atoms. The zero-order valence-electron chi connectivity index (χ0n) is 17.6. The van der Waals surface area contributed by atoms with Crippen molar-refractivity contribution in [2.24, 2.45) is 29.1 Å². The number of nitrogens with zero attached hydrogens (tertiary/aromatic N) is 1. The first-order chi connectivity index (χ1) is 13.3. The number of ketones is 2. The summed E-state index contributed by atoms with van der Waals surface area (Å²) in [6.45, 7) is 9.32. The molecule has 3 aliphatic rings. The lowest BCUT2D eigenvalue weighted by Crippen LogP contribution is -2.55. The number of hydrogen-bond acceptors (Lipinski definition) is 4. The number of likely N-dealkylation sites (tertiary alicyclic amines) is 1. The van der Waals surface area contributed by atoms with E-state index in [9.17, 15) is 19.2 Å². The highest BCUT2D eigenvalue weighted by molar-refractivity contribution is 6.51. The molecule has 0 bridgehead atoms. The van der Waals surface area contributed by atoms with E-state index in [0.29, 0.717) is 18.9 Å². The summed E-state index contributed by atoms with van der Waals surface area (Å²) in [7, 11) is 0. The average molecular weight is 445 g/mol. The second-order valence-corrected chi connectivity index (χ2v) is 11.4. The van der Waals surface area contributed by atoms with Gasteiger partial charge >= 0.3 is 0 Å². The molecule has 0 spiro atoms. The number of carbonyl (C=O) groups excluding carboxylic acids is 4. The minimum atomic E-state index is -1.04. The molecule has 162 valence electrons. The lowest BCUT2D eigenvalue weighted by atomic mass is 9.81. The van der Waals surface area contributed by atoms with Crippen LogP contribution in [0.1, 0.15) is 53.9 Å². The molecule has 0 aromatic rings. The van der Waals surface area contributed by atoms with Crippen LogP contribution in [0.3, 0.4) is 0 Å². The van der Waals surface area contributed by atoms with Crippen molar-refractivity contribution in [1.29, 1.82) is 0 Å². The fourth-order valence-corrected chi connectivity index (χ4v) is 5.00. The number of fused-ring (bicyclic) bond motifs is 1. The first kappa shape index (κ1) is 22.5. The number of nitrogens with one attached hydrogen (secondary N) is 1. The Kier molecular flexibility index (Phi) is 5.85. The average Bonchev–Trinajstić information content (AvgIpc) is 3.45. The van der Waals surface area contributed by atoms with Crippen LogP contribution in [-0.2, 0) is 19.2 Å². The van der Waals surface area contributed by atoms with Gasteiger partial charge in [0.1, 0.15) is 10.4 Å². The third-order valence-corrected chi connectivity index (χ3v) is 7.86. The molecule has 2 amide bonds. The van der Waals surface area contributed by atoms with Gasteiger partial charge in [0.15, 0.2) is 5.78 Å². The van der Waals surface area contributed by atoms with Gasteiger partial charge in [-0.1, -0.05) is 40.5 Å². The fourth-order valence-electron chi connectivity index (χ4n) is 4.17. The maximum Gasteiger partial charge on any atom is 0.243 e. The van der Waals surface area contributed by atoms with E-state index in [1.165, 1.54) is 6.92 Å². The predicted molar refractivity (Wildman–Crippen MR) is 110 cm³/mol. The minimum Gasteiger partial charge on any atom is -0.344 e. The number of Topliss-reactive ketones (excluding diaryl/α,β-unsaturated/α-hetero) is 2. The number of carbonyl (C=O) groups is 4. The van der Waals surface area contributed by atoms with Crippen molar-refractivity contribution in [2.75, 3.05) is 6.54 Å².